The molecule has 0 aromatic heterocycles. The van der Waals surface area contributed by atoms with Crippen molar-refractivity contribution in [3.8, 4) is 5.75 Å². The van der Waals surface area contributed by atoms with Gasteiger partial charge in [-0.1, -0.05) is 12.1 Å². The first-order valence-corrected chi connectivity index (χ1v) is 5.12. The van der Waals surface area contributed by atoms with Gasteiger partial charge < -0.3 is 14.5 Å². The summed E-state index contributed by atoms with van der Waals surface area (Å²) in [6, 6.07) is 6.54. The Balaban J connectivity index is 3.03. The molecule has 1 amide bonds. The van der Waals surface area contributed by atoms with Crippen molar-refractivity contribution >= 4 is 6.09 Å². The molecule has 0 radical (unpaired) electrons. The Bertz CT molecular complexity index is 542. The number of benzene rings is 1. The molecule has 4 heteroatoms. The first-order chi connectivity index (χ1) is 10.3. The highest BCUT2D eigenvalue weighted by Gasteiger charge is 2.11. The normalized spacial score (nSPS) is 19.1. The second-order valence-electron chi connectivity index (χ2n) is 3.92. The van der Waals surface area contributed by atoms with Crippen LogP contribution in [0.3, 0.4) is 0 Å². The minimum Gasteiger partial charge on any atom is -0.410 e. The number of carbonyl (C=O) groups is 1. The second kappa shape index (κ2) is 5.68. The smallest absolute Gasteiger partial charge is 0.410 e. The van der Waals surface area contributed by atoms with Gasteiger partial charge in [0, 0.05) is 28.2 Å². The molecule has 17 heavy (non-hydrogen) atoms. The van der Waals surface area contributed by atoms with Crippen LogP contribution in [0.15, 0.2) is 24.3 Å². The number of carbonyl (C=O) groups excluding carboxylic acids is 1. The summed E-state index contributed by atoms with van der Waals surface area (Å²) >= 11 is 0. The van der Waals surface area contributed by atoms with Crippen LogP contribution in [0.1, 0.15) is 26.8 Å². The summed E-state index contributed by atoms with van der Waals surface area (Å²) in [5.41, 5.74) is 0.842. The van der Waals surface area contributed by atoms with Crippen molar-refractivity contribution < 1.29 is 17.8 Å². The summed E-state index contributed by atoms with van der Waals surface area (Å²) in [6.07, 6.45) is -1.44. The molecule has 0 aliphatic rings. The SMILES string of the molecule is [2H]C([2H])([2H])N(C(=O)Oc1cccc([C@H](C)N(C)C)c1)C([2H])([2H])[2H]. The zero-order valence-electron chi connectivity index (χ0n) is 16.1. The minimum absolute atomic E-state index is 0.0370. The van der Waals surface area contributed by atoms with Crippen LogP contribution in [0.5, 0.6) is 5.75 Å². The molecule has 0 saturated carbocycles. The molecule has 0 aliphatic carbocycles. The molecule has 0 bridgehead atoms. The quantitative estimate of drug-likeness (QED) is 0.815. The van der Waals surface area contributed by atoms with Crippen LogP contribution in [0.4, 0.5) is 4.79 Å². The van der Waals surface area contributed by atoms with E-state index in [4.69, 9.17) is 13.0 Å². The standard InChI is InChI=1S/C13H20N2O2/c1-10(14(2)3)11-7-6-8-12(9-11)17-13(16)15(4)5/h6-10H,1-5H3/t10-/m0/s1/i4D3,5D3. The minimum atomic E-state index is -3.13. The van der Waals surface area contributed by atoms with E-state index in [1.54, 1.807) is 12.1 Å². The third-order valence-electron chi connectivity index (χ3n) is 2.50. The van der Waals surface area contributed by atoms with Gasteiger partial charge in [-0.05, 0) is 38.7 Å². The average molecular weight is 242 g/mol. The predicted molar refractivity (Wildman–Crippen MR) is 68.3 cm³/mol. The van der Waals surface area contributed by atoms with Crippen LogP contribution in [-0.4, -0.2) is 43.9 Å². The molecular formula is C13H20N2O2. The Morgan fingerprint density at radius 2 is 2.12 bits per heavy atom. The molecule has 0 spiro atoms. The van der Waals surface area contributed by atoms with Gasteiger partial charge in [0.25, 0.3) is 0 Å². The van der Waals surface area contributed by atoms with E-state index >= 15 is 0 Å². The van der Waals surface area contributed by atoms with Crippen molar-refractivity contribution in [2.45, 2.75) is 13.0 Å². The Morgan fingerprint density at radius 1 is 1.41 bits per heavy atom. The summed E-state index contributed by atoms with van der Waals surface area (Å²) in [7, 11) is 3.77. The van der Waals surface area contributed by atoms with Crippen molar-refractivity contribution in [1.29, 1.82) is 0 Å². The van der Waals surface area contributed by atoms with Crippen LogP contribution in [0.2, 0.25) is 0 Å². The van der Waals surface area contributed by atoms with Crippen molar-refractivity contribution in [3.05, 3.63) is 29.8 Å². The lowest BCUT2D eigenvalue weighted by molar-refractivity contribution is 0.172. The molecule has 4 nitrogen and oxygen atoms in total. The molecular weight excluding hydrogens is 216 g/mol. The lowest BCUT2D eigenvalue weighted by atomic mass is 10.1. The fraction of sp³-hybridized carbons (Fsp3) is 0.462. The molecule has 0 fully saturated rings. The number of rotatable bonds is 3. The number of amides is 1. The van der Waals surface area contributed by atoms with E-state index in [9.17, 15) is 4.79 Å². The van der Waals surface area contributed by atoms with Gasteiger partial charge in [-0.15, -0.1) is 0 Å². The maximum atomic E-state index is 12.0. The summed E-state index contributed by atoms with van der Waals surface area (Å²) in [5, 5.41) is 0. The molecule has 1 atom stereocenters. The van der Waals surface area contributed by atoms with E-state index in [-0.39, 0.29) is 16.7 Å². The molecule has 0 heterocycles. The fourth-order valence-electron chi connectivity index (χ4n) is 1.28. The number of nitrogens with zero attached hydrogens (tertiary/aromatic N) is 2. The summed E-state index contributed by atoms with van der Waals surface area (Å²) in [6.45, 7) is -4.31. The van der Waals surface area contributed by atoms with E-state index in [0.717, 1.165) is 5.56 Å². The molecule has 1 aromatic rings. The Labute approximate surface area is 111 Å². The number of ether oxygens (including phenoxy) is 1. The van der Waals surface area contributed by atoms with Crippen molar-refractivity contribution in [2.75, 3.05) is 28.0 Å². The third-order valence-corrected chi connectivity index (χ3v) is 2.50. The van der Waals surface area contributed by atoms with Gasteiger partial charge in [0.1, 0.15) is 5.75 Å². The topological polar surface area (TPSA) is 32.8 Å². The van der Waals surface area contributed by atoms with Gasteiger partial charge in [0.05, 0.1) is 0 Å². The molecule has 94 valence electrons. The zero-order chi connectivity index (χ0) is 18.0. The Morgan fingerprint density at radius 3 is 2.71 bits per heavy atom. The van der Waals surface area contributed by atoms with Crippen molar-refractivity contribution in [1.82, 2.24) is 9.80 Å². The average Bonchev–Trinajstić information content (AvgIpc) is 2.34. The molecule has 1 rings (SSSR count). The van der Waals surface area contributed by atoms with E-state index in [1.807, 2.05) is 32.0 Å². The first-order valence-electron chi connectivity index (χ1n) is 8.12. The highest BCUT2D eigenvalue weighted by molar-refractivity contribution is 5.70. The molecule has 1 aromatic carbocycles. The van der Waals surface area contributed by atoms with E-state index < -0.39 is 20.0 Å². The van der Waals surface area contributed by atoms with Gasteiger partial charge >= 0.3 is 6.09 Å². The van der Waals surface area contributed by atoms with Gasteiger partial charge in [0.2, 0.25) is 0 Å². The molecule has 0 N–H and O–H groups in total. The lowest BCUT2D eigenvalue weighted by Crippen LogP contribution is -2.25. The maximum Gasteiger partial charge on any atom is 0.414 e. The monoisotopic (exact) mass is 242 g/mol. The highest BCUT2D eigenvalue weighted by atomic mass is 16.6. The van der Waals surface area contributed by atoms with Crippen LogP contribution >= 0.6 is 0 Å². The van der Waals surface area contributed by atoms with Crippen molar-refractivity contribution in [2.24, 2.45) is 0 Å². The third kappa shape index (κ3) is 3.75. The zero-order valence-corrected chi connectivity index (χ0v) is 10.1. The van der Waals surface area contributed by atoms with E-state index in [2.05, 4.69) is 0 Å². The first kappa shape index (κ1) is 7.01. The highest BCUT2D eigenvalue weighted by Crippen LogP contribution is 2.22. The molecule has 0 unspecified atom stereocenters. The van der Waals surface area contributed by atoms with Crippen LogP contribution in [0, 0.1) is 0 Å². The molecule has 0 saturated heterocycles. The fourth-order valence-corrected chi connectivity index (χ4v) is 1.28. The predicted octanol–water partition coefficient (Wildman–Crippen LogP) is 2.37. The number of hydrogen-bond donors (Lipinski definition) is 0. The van der Waals surface area contributed by atoms with Gasteiger partial charge in [0.15, 0.2) is 0 Å². The lowest BCUT2D eigenvalue weighted by Gasteiger charge is -2.20. The Kier molecular flexibility index (Phi) is 2.34. The number of hydrogen-bond acceptors (Lipinski definition) is 3. The summed E-state index contributed by atoms with van der Waals surface area (Å²) in [5.74, 6) is 0.0831. The Hall–Kier alpha value is -1.55. The van der Waals surface area contributed by atoms with Gasteiger partial charge in [-0.2, -0.15) is 0 Å². The van der Waals surface area contributed by atoms with Crippen molar-refractivity contribution in [3.63, 3.8) is 0 Å². The molecule has 0 aliphatic heterocycles. The largest absolute Gasteiger partial charge is 0.414 e. The van der Waals surface area contributed by atoms with Crippen LogP contribution in [-0.2, 0) is 0 Å². The second-order valence-corrected chi connectivity index (χ2v) is 3.92. The van der Waals surface area contributed by atoms with E-state index in [0.29, 0.717) is 0 Å². The van der Waals surface area contributed by atoms with Gasteiger partial charge in [-0.25, -0.2) is 4.79 Å². The summed E-state index contributed by atoms with van der Waals surface area (Å²) < 4.78 is 48.1. The maximum absolute atomic E-state index is 12.0. The van der Waals surface area contributed by atoms with Gasteiger partial charge in [-0.3, -0.25) is 0 Å². The van der Waals surface area contributed by atoms with Crippen LogP contribution < -0.4 is 4.74 Å². The summed E-state index contributed by atoms with van der Waals surface area (Å²) in [4.78, 5) is 13.7. The van der Waals surface area contributed by atoms with E-state index in [1.165, 1.54) is 6.07 Å². The van der Waals surface area contributed by atoms with Crippen LogP contribution in [0.25, 0.3) is 0 Å².